The summed E-state index contributed by atoms with van der Waals surface area (Å²) in [6.45, 7) is 0.748. The molecule has 8 nitrogen and oxygen atoms in total. The lowest BCUT2D eigenvalue weighted by molar-refractivity contribution is -0.0405. The molecule has 8 heteroatoms. The van der Waals surface area contributed by atoms with Crippen molar-refractivity contribution in [3.63, 3.8) is 0 Å². The van der Waals surface area contributed by atoms with Crippen LogP contribution in [-0.4, -0.2) is 67.2 Å². The number of tetrazole rings is 1. The van der Waals surface area contributed by atoms with Crippen molar-refractivity contribution in [2.45, 2.75) is 114 Å². The number of rotatable bonds is 4. The Labute approximate surface area is 220 Å². The summed E-state index contributed by atoms with van der Waals surface area (Å²) in [5.41, 5.74) is 1.02. The summed E-state index contributed by atoms with van der Waals surface area (Å²) in [6, 6.07) is 12.6. The summed E-state index contributed by atoms with van der Waals surface area (Å²) >= 11 is 0. The fraction of sp³-hybridized carbons (Fsp3) is 0.724. The van der Waals surface area contributed by atoms with Crippen LogP contribution in [0.3, 0.4) is 0 Å². The molecule has 1 N–H and O–H groups in total. The molecule has 37 heavy (non-hydrogen) atoms. The van der Waals surface area contributed by atoms with E-state index in [-0.39, 0.29) is 18.1 Å². The predicted molar refractivity (Wildman–Crippen MR) is 142 cm³/mol. The number of urea groups is 1. The van der Waals surface area contributed by atoms with Gasteiger partial charge < -0.3 is 4.90 Å². The van der Waals surface area contributed by atoms with Crippen LogP contribution in [0.1, 0.15) is 95.3 Å². The van der Waals surface area contributed by atoms with E-state index in [4.69, 9.17) is 0 Å². The fourth-order valence-electron chi connectivity index (χ4n) is 8.91. The van der Waals surface area contributed by atoms with E-state index in [1.165, 1.54) is 57.8 Å². The van der Waals surface area contributed by atoms with Crippen LogP contribution in [0.2, 0.25) is 0 Å². The largest absolute Gasteiger partial charge is 0.325 e. The highest BCUT2D eigenvalue weighted by molar-refractivity contribution is 5.93. The van der Waals surface area contributed by atoms with Gasteiger partial charge in [-0.1, -0.05) is 49.1 Å². The van der Waals surface area contributed by atoms with Gasteiger partial charge in [0, 0.05) is 36.4 Å². The molecule has 5 aliphatic rings. The van der Waals surface area contributed by atoms with Crippen LogP contribution >= 0.6 is 0 Å². The summed E-state index contributed by atoms with van der Waals surface area (Å²) in [5.74, 6) is 2.54. The maximum atomic E-state index is 14.3. The molecule has 3 saturated heterocycles. The summed E-state index contributed by atoms with van der Waals surface area (Å²) < 4.78 is 0. The minimum Gasteiger partial charge on any atom is -0.314 e. The fourth-order valence-corrected chi connectivity index (χ4v) is 8.91. The monoisotopic (exact) mass is 503 g/mol. The predicted octanol–water partition coefficient (Wildman–Crippen LogP) is 5.32. The summed E-state index contributed by atoms with van der Waals surface area (Å²) in [4.78, 5) is 21.5. The van der Waals surface area contributed by atoms with Crippen LogP contribution in [0.25, 0.3) is 0 Å². The van der Waals surface area contributed by atoms with E-state index in [1.807, 2.05) is 11.0 Å². The minimum atomic E-state index is -0.0984. The topological polar surface area (TPSA) is 81.2 Å². The molecule has 4 heterocycles. The number of nitrogens with one attached hydrogen (secondary N) is 1. The molecule has 3 aliphatic heterocycles. The van der Waals surface area contributed by atoms with Gasteiger partial charge in [-0.2, -0.15) is 5.21 Å². The summed E-state index contributed by atoms with van der Waals surface area (Å²) in [6.07, 6.45) is 16.6. The van der Waals surface area contributed by atoms with Crippen LogP contribution in [0.15, 0.2) is 30.3 Å². The zero-order valence-corrected chi connectivity index (χ0v) is 21.9. The molecule has 2 amide bonds. The molecule has 7 rings (SSSR count). The number of likely N-dealkylation sites (tertiary alicyclic amines) is 1. The smallest absolute Gasteiger partial charge is 0.314 e. The minimum absolute atomic E-state index is 0.0984. The Bertz CT molecular complexity index is 1040. The number of amides is 2. The van der Waals surface area contributed by atoms with Gasteiger partial charge in [-0.05, 0) is 81.8 Å². The first-order valence-corrected chi connectivity index (χ1v) is 14.9. The number of anilines is 1. The lowest BCUT2D eigenvalue weighted by Crippen LogP contribution is -2.62. The van der Waals surface area contributed by atoms with Crippen molar-refractivity contribution < 1.29 is 4.79 Å². The van der Waals surface area contributed by atoms with Crippen molar-refractivity contribution in [1.29, 1.82) is 0 Å². The van der Waals surface area contributed by atoms with Gasteiger partial charge in [-0.25, -0.2) is 4.79 Å². The maximum absolute atomic E-state index is 14.3. The van der Waals surface area contributed by atoms with Crippen molar-refractivity contribution in [2.75, 3.05) is 11.4 Å². The number of hydrogen-bond donors (Lipinski definition) is 1. The number of aromatic nitrogens is 4. The number of benzene rings is 1. The van der Waals surface area contributed by atoms with Gasteiger partial charge in [-0.3, -0.25) is 9.80 Å². The standard InChI is InChI=1S/C29H41N7O/c37-29(34-14-6-13-27(34)28-30-32-33-31-28)36(22-9-2-1-3-10-22)26-18-23-11-5-12-24(19-26)35(23)25-16-20-7-4-8-21(15-20)17-25/h1-3,9-10,20-21,23-27H,4-8,11-19H2,(H,30,31,32,33). The number of H-pyrrole nitrogens is 1. The first kappa shape index (κ1) is 23.6. The molecule has 4 bridgehead atoms. The van der Waals surface area contributed by atoms with E-state index in [1.54, 1.807) is 0 Å². The number of piperidine rings is 2. The Morgan fingerprint density at radius 2 is 1.57 bits per heavy atom. The van der Waals surface area contributed by atoms with Crippen molar-refractivity contribution in [3.8, 4) is 0 Å². The summed E-state index contributed by atoms with van der Waals surface area (Å²) in [7, 11) is 0. The molecule has 2 aliphatic carbocycles. The van der Waals surface area contributed by atoms with Gasteiger partial charge in [0.1, 0.15) is 0 Å². The van der Waals surface area contributed by atoms with Crippen LogP contribution in [0.4, 0.5) is 10.5 Å². The molecular weight excluding hydrogens is 462 g/mol. The van der Waals surface area contributed by atoms with Crippen molar-refractivity contribution in [2.24, 2.45) is 11.8 Å². The number of nitrogens with zero attached hydrogens (tertiary/aromatic N) is 6. The molecule has 5 atom stereocenters. The van der Waals surface area contributed by atoms with Crippen LogP contribution < -0.4 is 4.90 Å². The molecular formula is C29H41N7O. The van der Waals surface area contributed by atoms with Crippen molar-refractivity contribution in [3.05, 3.63) is 36.2 Å². The van der Waals surface area contributed by atoms with Gasteiger partial charge in [0.25, 0.3) is 0 Å². The van der Waals surface area contributed by atoms with Crippen LogP contribution in [-0.2, 0) is 0 Å². The van der Waals surface area contributed by atoms with E-state index in [9.17, 15) is 4.79 Å². The number of fused-ring (bicyclic) bond motifs is 4. The number of aromatic amines is 1. The lowest BCUT2D eigenvalue weighted by Gasteiger charge is -2.56. The molecule has 5 fully saturated rings. The van der Waals surface area contributed by atoms with Crippen molar-refractivity contribution >= 4 is 11.7 Å². The van der Waals surface area contributed by atoms with E-state index < -0.39 is 0 Å². The number of hydrogen-bond acceptors (Lipinski definition) is 5. The highest BCUT2D eigenvalue weighted by Gasteiger charge is 2.47. The van der Waals surface area contributed by atoms with Gasteiger partial charge >= 0.3 is 6.03 Å². The molecule has 0 spiro atoms. The van der Waals surface area contributed by atoms with Crippen LogP contribution in [0, 0.1) is 11.8 Å². The van der Waals surface area contributed by atoms with Crippen molar-refractivity contribution in [1.82, 2.24) is 30.4 Å². The third kappa shape index (κ3) is 4.45. The van der Waals surface area contributed by atoms with Gasteiger partial charge in [-0.15, -0.1) is 10.2 Å². The summed E-state index contributed by atoms with van der Waals surface area (Å²) in [5, 5.41) is 14.8. The second-order valence-corrected chi connectivity index (χ2v) is 12.4. The van der Waals surface area contributed by atoms with Gasteiger partial charge in [0.15, 0.2) is 5.82 Å². The average molecular weight is 504 g/mol. The normalized spacial score (nSPS) is 35.9. The average Bonchev–Trinajstić information content (AvgIpc) is 3.61. The molecule has 0 radical (unpaired) electrons. The molecule has 2 aromatic rings. The third-order valence-electron chi connectivity index (χ3n) is 10.3. The van der Waals surface area contributed by atoms with Gasteiger partial charge in [0.2, 0.25) is 0 Å². The second-order valence-electron chi connectivity index (χ2n) is 12.4. The highest BCUT2D eigenvalue weighted by atomic mass is 16.2. The third-order valence-corrected chi connectivity index (χ3v) is 10.3. The Balaban J connectivity index is 1.15. The van der Waals surface area contributed by atoms with E-state index in [0.717, 1.165) is 55.8 Å². The zero-order valence-electron chi connectivity index (χ0n) is 21.9. The molecule has 198 valence electrons. The Hall–Kier alpha value is -2.48. The molecule has 5 unspecified atom stereocenters. The zero-order chi connectivity index (χ0) is 24.8. The number of carbonyl (C=O) groups is 1. The first-order valence-electron chi connectivity index (χ1n) is 14.9. The van der Waals surface area contributed by atoms with Gasteiger partial charge in [0.05, 0.1) is 6.04 Å². The van der Waals surface area contributed by atoms with E-state index in [0.29, 0.717) is 17.9 Å². The van der Waals surface area contributed by atoms with E-state index >= 15 is 0 Å². The number of carbonyl (C=O) groups excluding carboxylic acids is 1. The van der Waals surface area contributed by atoms with Crippen LogP contribution in [0.5, 0.6) is 0 Å². The Kier molecular flexibility index (Phi) is 6.39. The Morgan fingerprint density at radius 1 is 0.838 bits per heavy atom. The molecule has 1 aromatic carbocycles. The first-order chi connectivity index (χ1) is 18.2. The Morgan fingerprint density at radius 3 is 2.27 bits per heavy atom. The maximum Gasteiger partial charge on any atom is 0.325 e. The second kappa shape index (κ2) is 10.0. The molecule has 1 aromatic heterocycles. The highest BCUT2D eigenvalue weighted by Crippen LogP contribution is 2.47. The lowest BCUT2D eigenvalue weighted by atomic mass is 9.68. The molecule has 2 saturated carbocycles. The quantitative estimate of drug-likeness (QED) is 0.611. The number of para-hydroxylation sites is 1. The SMILES string of the molecule is O=C(N1CCCC1c1nn[nH]n1)N(c1ccccc1)C1CC2CCCC(C1)N2C1CC2CCCC(C2)C1. The van der Waals surface area contributed by atoms with E-state index in [2.05, 4.69) is 54.7 Å².